The highest BCUT2D eigenvalue weighted by molar-refractivity contribution is 7.17. The molecule has 1 aromatic carbocycles. The van der Waals surface area contributed by atoms with Gasteiger partial charge in [-0.05, 0) is 35.4 Å². The molecule has 0 saturated carbocycles. The summed E-state index contributed by atoms with van der Waals surface area (Å²) in [5, 5.41) is 7.15. The summed E-state index contributed by atoms with van der Waals surface area (Å²) >= 11 is 1.85. The highest BCUT2D eigenvalue weighted by Crippen LogP contribution is 2.30. The van der Waals surface area contributed by atoms with E-state index in [4.69, 9.17) is 0 Å². The van der Waals surface area contributed by atoms with Gasteiger partial charge in [0.2, 0.25) is 0 Å². The Hall–Kier alpha value is -0.860. The minimum Gasteiger partial charge on any atom is -0.310 e. The molecular weight excluding hydrogens is 214 g/mol. The molecule has 0 aliphatic carbocycles. The van der Waals surface area contributed by atoms with Crippen molar-refractivity contribution < 1.29 is 0 Å². The molecule has 0 amide bonds. The Morgan fingerprint density at radius 2 is 2.12 bits per heavy atom. The van der Waals surface area contributed by atoms with Crippen LogP contribution in [0.15, 0.2) is 29.6 Å². The van der Waals surface area contributed by atoms with Crippen molar-refractivity contribution >= 4 is 21.4 Å². The highest BCUT2D eigenvalue weighted by Gasteiger charge is 2.12. The maximum Gasteiger partial charge on any atom is 0.0390 e. The van der Waals surface area contributed by atoms with Gasteiger partial charge in [0.15, 0.2) is 0 Å². The topological polar surface area (TPSA) is 12.0 Å². The van der Waals surface area contributed by atoms with E-state index in [2.05, 4.69) is 48.8 Å². The summed E-state index contributed by atoms with van der Waals surface area (Å²) < 4.78 is 1.45. The Kier molecular flexibility index (Phi) is 3.97. The normalized spacial score (nSPS) is 13.1. The van der Waals surface area contributed by atoms with Crippen molar-refractivity contribution in [3.05, 3.63) is 35.2 Å². The van der Waals surface area contributed by atoms with Crippen LogP contribution in [-0.4, -0.2) is 6.54 Å². The standard InChI is InChI=1S/C14H19NS/c1-3-6-13(15-4-2)12-8-5-7-11-9-10-16-14(11)12/h5,7-10,13,15H,3-4,6H2,1-2H3. The van der Waals surface area contributed by atoms with E-state index in [0.29, 0.717) is 6.04 Å². The molecule has 0 saturated heterocycles. The molecule has 0 aliphatic rings. The van der Waals surface area contributed by atoms with E-state index in [-0.39, 0.29) is 0 Å². The summed E-state index contributed by atoms with van der Waals surface area (Å²) in [7, 11) is 0. The Labute approximate surface area is 101 Å². The zero-order valence-corrected chi connectivity index (χ0v) is 10.8. The minimum atomic E-state index is 0.511. The second-order valence-corrected chi connectivity index (χ2v) is 5.00. The van der Waals surface area contributed by atoms with Crippen molar-refractivity contribution in [2.24, 2.45) is 0 Å². The van der Waals surface area contributed by atoms with Gasteiger partial charge in [0.25, 0.3) is 0 Å². The molecule has 1 unspecified atom stereocenters. The van der Waals surface area contributed by atoms with Gasteiger partial charge in [0.05, 0.1) is 0 Å². The van der Waals surface area contributed by atoms with Crippen LogP contribution in [0.4, 0.5) is 0 Å². The molecule has 1 N–H and O–H groups in total. The van der Waals surface area contributed by atoms with Gasteiger partial charge >= 0.3 is 0 Å². The third-order valence-electron chi connectivity index (χ3n) is 2.91. The van der Waals surface area contributed by atoms with Crippen molar-refractivity contribution in [3.8, 4) is 0 Å². The van der Waals surface area contributed by atoms with Crippen LogP contribution in [0, 0.1) is 0 Å². The predicted molar refractivity (Wildman–Crippen MR) is 73.2 cm³/mol. The van der Waals surface area contributed by atoms with Gasteiger partial charge in [0.1, 0.15) is 0 Å². The van der Waals surface area contributed by atoms with E-state index in [9.17, 15) is 0 Å². The molecule has 0 spiro atoms. The van der Waals surface area contributed by atoms with Crippen molar-refractivity contribution in [1.29, 1.82) is 0 Å². The minimum absolute atomic E-state index is 0.511. The van der Waals surface area contributed by atoms with E-state index in [1.165, 1.54) is 28.5 Å². The van der Waals surface area contributed by atoms with Gasteiger partial charge in [0, 0.05) is 10.7 Å². The van der Waals surface area contributed by atoms with Crippen molar-refractivity contribution in [3.63, 3.8) is 0 Å². The molecule has 0 fully saturated rings. The molecule has 16 heavy (non-hydrogen) atoms. The number of thiophene rings is 1. The van der Waals surface area contributed by atoms with Gasteiger partial charge in [-0.1, -0.05) is 38.5 Å². The lowest BCUT2D eigenvalue weighted by molar-refractivity contribution is 0.513. The molecule has 0 bridgehead atoms. The molecule has 0 aliphatic heterocycles. The van der Waals surface area contributed by atoms with E-state index in [1.54, 1.807) is 0 Å². The molecule has 1 nitrogen and oxygen atoms in total. The summed E-state index contributed by atoms with van der Waals surface area (Å²) in [6.45, 7) is 5.46. The first-order chi connectivity index (χ1) is 7.86. The summed E-state index contributed by atoms with van der Waals surface area (Å²) in [5.41, 5.74) is 1.47. The lowest BCUT2D eigenvalue weighted by Crippen LogP contribution is -2.20. The number of hydrogen-bond acceptors (Lipinski definition) is 2. The molecule has 2 rings (SSSR count). The van der Waals surface area contributed by atoms with E-state index in [1.807, 2.05) is 11.3 Å². The Bertz CT molecular complexity index is 441. The molecule has 0 radical (unpaired) electrons. The van der Waals surface area contributed by atoms with Crippen LogP contribution >= 0.6 is 11.3 Å². The summed E-state index contributed by atoms with van der Waals surface area (Å²) in [6.07, 6.45) is 2.43. The Morgan fingerprint density at radius 1 is 1.25 bits per heavy atom. The molecular formula is C14H19NS. The van der Waals surface area contributed by atoms with Gasteiger partial charge in [-0.2, -0.15) is 0 Å². The van der Waals surface area contributed by atoms with Gasteiger partial charge in [-0.15, -0.1) is 11.3 Å². The fourth-order valence-corrected chi connectivity index (χ4v) is 3.16. The number of fused-ring (bicyclic) bond motifs is 1. The van der Waals surface area contributed by atoms with Crippen LogP contribution in [0.3, 0.4) is 0 Å². The van der Waals surface area contributed by atoms with Crippen molar-refractivity contribution in [2.75, 3.05) is 6.54 Å². The molecule has 86 valence electrons. The predicted octanol–water partition coefficient (Wildman–Crippen LogP) is 4.35. The molecule has 1 atom stereocenters. The molecule has 2 heteroatoms. The fourth-order valence-electron chi connectivity index (χ4n) is 2.19. The van der Waals surface area contributed by atoms with Crippen molar-refractivity contribution in [1.82, 2.24) is 5.32 Å². The van der Waals surface area contributed by atoms with Crippen LogP contribution < -0.4 is 5.32 Å². The van der Waals surface area contributed by atoms with Gasteiger partial charge in [-0.3, -0.25) is 0 Å². The number of nitrogens with one attached hydrogen (secondary N) is 1. The fraction of sp³-hybridized carbons (Fsp3) is 0.429. The van der Waals surface area contributed by atoms with Gasteiger partial charge < -0.3 is 5.32 Å². The molecule has 1 heterocycles. The highest BCUT2D eigenvalue weighted by atomic mass is 32.1. The van der Waals surface area contributed by atoms with E-state index >= 15 is 0 Å². The average molecular weight is 233 g/mol. The second kappa shape index (κ2) is 5.46. The average Bonchev–Trinajstić information content (AvgIpc) is 2.76. The third kappa shape index (κ3) is 2.28. The second-order valence-electron chi connectivity index (χ2n) is 4.09. The zero-order valence-electron chi connectivity index (χ0n) is 9.99. The number of hydrogen-bond donors (Lipinski definition) is 1. The van der Waals surface area contributed by atoms with Gasteiger partial charge in [-0.25, -0.2) is 0 Å². The van der Waals surface area contributed by atoms with E-state index in [0.717, 1.165) is 6.54 Å². The van der Waals surface area contributed by atoms with Crippen LogP contribution in [0.5, 0.6) is 0 Å². The van der Waals surface area contributed by atoms with Crippen LogP contribution in [0.2, 0.25) is 0 Å². The van der Waals surface area contributed by atoms with Crippen LogP contribution in [0.1, 0.15) is 38.3 Å². The van der Waals surface area contributed by atoms with Crippen LogP contribution in [0.25, 0.3) is 10.1 Å². The smallest absolute Gasteiger partial charge is 0.0390 e. The van der Waals surface area contributed by atoms with E-state index < -0.39 is 0 Å². The lowest BCUT2D eigenvalue weighted by Gasteiger charge is -2.18. The lowest BCUT2D eigenvalue weighted by atomic mass is 10.0. The first kappa shape index (κ1) is 11.6. The number of rotatable bonds is 5. The summed E-state index contributed by atoms with van der Waals surface area (Å²) in [5.74, 6) is 0. The zero-order chi connectivity index (χ0) is 11.4. The first-order valence-electron chi connectivity index (χ1n) is 6.06. The quantitative estimate of drug-likeness (QED) is 0.809. The third-order valence-corrected chi connectivity index (χ3v) is 3.89. The van der Waals surface area contributed by atoms with Crippen molar-refractivity contribution in [2.45, 2.75) is 32.7 Å². The molecule has 2 aromatic rings. The number of benzene rings is 1. The first-order valence-corrected chi connectivity index (χ1v) is 6.94. The Morgan fingerprint density at radius 3 is 2.88 bits per heavy atom. The largest absolute Gasteiger partial charge is 0.310 e. The maximum atomic E-state index is 3.59. The maximum absolute atomic E-state index is 3.59. The SMILES string of the molecule is CCCC(NCC)c1cccc2ccsc12. The van der Waals surface area contributed by atoms with Crippen LogP contribution in [-0.2, 0) is 0 Å². The summed E-state index contributed by atoms with van der Waals surface area (Å²) in [4.78, 5) is 0. The monoisotopic (exact) mass is 233 g/mol. The summed E-state index contributed by atoms with van der Waals surface area (Å²) in [6, 6.07) is 9.35. The Balaban J connectivity index is 2.38. The molecule has 1 aromatic heterocycles.